The fourth-order valence-corrected chi connectivity index (χ4v) is 0.982. The van der Waals surface area contributed by atoms with Crippen LogP contribution in [-0.2, 0) is 4.74 Å². The SMILES string of the molecule is CCC=CC1CCC=CO1. The predicted molar refractivity (Wildman–Crippen MR) is 42.7 cm³/mol. The average Bonchev–Trinajstić information content (AvgIpc) is 2.03. The van der Waals surface area contributed by atoms with E-state index in [0.29, 0.717) is 6.10 Å². The van der Waals surface area contributed by atoms with Crippen molar-refractivity contribution in [3.63, 3.8) is 0 Å². The zero-order valence-corrected chi connectivity index (χ0v) is 6.42. The molecule has 1 heterocycles. The summed E-state index contributed by atoms with van der Waals surface area (Å²) in [5.74, 6) is 0. The molecule has 1 atom stereocenters. The van der Waals surface area contributed by atoms with Crippen molar-refractivity contribution in [3.05, 3.63) is 24.5 Å². The highest BCUT2D eigenvalue weighted by Crippen LogP contribution is 2.10. The Labute approximate surface area is 62.4 Å². The van der Waals surface area contributed by atoms with E-state index in [4.69, 9.17) is 4.74 Å². The molecule has 1 heteroatoms. The van der Waals surface area contributed by atoms with E-state index < -0.39 is 0 Å². The van der Waals surface area contributed by atoms with Crippen LogP contribution in [-0.4, -0.2) is 6.10 Å². The second-order valence-electron chi connectivity index (χ2n) is 2.46. The van der Waals surface area contributed by atoms with Gasteiger partial charge in [0, 0.05) is 0 Å². The van der Waals surface area contributed by atoms with Crippen LogP contribution in [0.25, 0.3) is 0 Å². The van der Waals surface area contributed by atoms with Crippen LogP contribution in [0.15, 0.2) is 24.5 Å². The van der Waals surface area contributed by atoms with Crippen LogP contribution in [0.5, 0.6) is 0 Å². The first-order valence-corrected chi connectivity index (χ1v) is 3.90. The van der Waals surface area contributed by atoms with Gasteiger partial charge in [0.2, 0.25) is 0 Å². The zero-order valence-electron chi connectivity index (χ0n) is 6.42. The van der Waals surface area contributed by atoms with Gasteiger partial charge in [-0.15, -0.1) is 0 Å². The first kappa shape index (κ1) is 7.39. The molecule has 0 aromatic heterocycles. The molecular weight excluding hydrogens is 124 g/mol. The molecule has 10 heavy (non-hydrogen) atoms. The lowest BCUT2D eigenvalue weighted by Gasteiger charge is -2.14. The molecule has 0 bridgehead atoms. The van der Waals surface area contributed by atoms with E-state index in [0.717, 1.165) is 19.3 Å². The van der Waals surface area contributed by atoms with Crippen LogP contribution in [0.2, 0.25) is 0 Å². The molecule has 1 unspecified atom stereocenters. The van der Waals surface area contributed by atoms with E-state index in [2.05, 4.69) is 25.2 Å². The van der Waals surface area contributed by atoms with E-state index in [1.165, 1.54) is 0 Å². The molecule has 0 spiro atoms. The Hall–Kier alpha value is -0.720. The van der Waals surface area contributed by atoms with Gasteiger partial charge in [0.25, 0.3) is 0 Å². The van der Waals surface area contributed by atoms with Gasteiger partial charge in [0.15, 0.2) is 0 Å². The maximum atomic E-state index is 5.31. The van der Waals surface area contributed by atoms with Crippen molar-refractivity contribution in [2.75, 3.05) is 0 Å². The number of rotatable bonds is 2. The molecule has 1 rings (SSSR count). The van der Waals surface area contributed by atoms with Crippen molar-refractivity contribution in [2.45, 2.75) is 32.3 Å². The summed E-state index contributed by atoms with van der Waals surface area (Å²) in [6.07, 6.45) is 11.9. The summed E-state index contributed by atoms with van der Waals surface area (Å²) in [7, 11) is 0. The van der Waals surface area contributed by atoms with Crippen LogP contribution in [0.3, 0.4) is 0 Å². The Balaban J connectivity index is 2.28. The Morgan fingerprint density at radius 1 is 1.70 bits per heavy atom. The molecular formula is C9H14O. The maximum Gasteiger partial charge on any atom is 0.116 e. The fourth-order valence-electron chi connectivity index (χ4n) is 0.982. The normalized spacial score (nSPS) is 25.1. The van der Waals surface area contributed by atoms with Crippen LogP contribution < -0.4 is 0 Å². The molecule has 0 aliphatic carbocycles. The summed E-state index contributed by atoms with van der Waals surface area (Å²) < 4.78 is 5.31. The lowest BCUT2D eigenvalue weighted by Crippen LogP contribution is -2.08. The number of hydrogen-bond acceptors (Lipinski definition) is 1. The quantitative estimate of drug-likeness (QED) is 0.533. The van der Waals surface area contributed by atoms with Gasteiger partial charge in [-0.25, -0.2) is 0 Å². The third-order valence-corrected chi connectivity index (χ3v) is 1.55. The summed E-state index contributed by atoms with van der Waals surface area (Å²) >= 11 is 0. The van der Waals surface area contributed by atoms with Crippen LogP contribution in [0, 0.1) is 0 Å². The molecule has 56 valence electrons. The monoisotopic (exact) mass is 138 g/mol. The van der Waals surface area contributed by atoms with Crippen LogP contribution in [0.1, 0.15) is 26.2 Å². The Kier molecular flexibility index (Phi) is 3.07. The van der Waals surface area contributed by atoms with Gasteiger partial charge in [-0.3, -0.25) is 0 Å². The molecule has 1 nitrogen and oxygen atoms in total. The van der Waals surface area contributed by atoms with Gasteiger partial charge in [0.1, 0.15) is 6.10 Å². The molecule has 0 saturated heterocycles. The Morgan fingerprint density at radius 3 is 3.20 bits per heavy atom. The van der Waals surface area contributed by atoms with Crippen LogP contribution >= 0.6 is 0 Å². The van der Waals surface area contributed by atoms with E-state index in [-0.39, 0.29) is 0 Å². The minimum atomic E-state index is 0.338. The van der Waals surface area contributed by atoms with Crippen LogP contribution in [0.4, 0.5) is 0 Å². The van der Waals surface area contributed by atoms with Gasteiger partial charge in [-0.05, 0) is 31.4 Å². The minimum absolute atomic E-state index is 0.338. The number of hydrogen-bond donors (Lipinski definition) is 0. The smallest absolute Gasteiger partial charge is 0.116 e. The lowest BCUT2D eigenvalue weighted by molar-refractivity contribution is 0.165. The second kappa shape index (κ2) is 4.15. The first-order chi connectivity index (χ1) is 4.93. The molecule has 0 aromatic rings. The van der Waals surface area contributed by atoms with Crippen molar-refractivity contribution in [1.29, 1.82) is 0 Å². The summed E-state index contributed by atoms with van der Waals surface area (Å²) in [6, 6.07) is 0. The number of ether oxygens (including phenoxy) is 1. The number of allylic oxidation sites excluding steroid dienone is 2. The van der Waals surface area contributed by atoms with E-state index >= 15 is 0 Å². The molecule has 0 N–H and O–H groups in total. The molecule has 0 fully saturated rings. The molecule has 0 radical (unpaired) electrons. The zero-order chi connectivity index (χ0) is 7.23. The van der Waals surface area contributed by atoms with Gasteiger partial charge >= 0.3 is 0 Å². The highest BCUT2D eigenvalue weighted by atomic mass is 16.5. The summed E-state index contributed by atoms with van der Waals surface area (Å²) in [4.78, 5) is 0. The van der Waals surface area contributed by atoms with Gasteiger partial charge in [0.05, 0.1) is 6.26 Å². The van der Waals surface area contributed by atoms with E-state index in [9.17, 15) is 0 Å². The summed E-state index contributed by atoms with van der Waals surface area (Å²) in [6.45, 7) is 2.13. The maximum absolute atomic E-state index is 5.31. The molecule has 0 aromatic carbocycles. The highest BCUT2D eigenvalue weighted by molar-refractivity contribution is 4.94. The molecule has 1 aliphatic heterocycles. The molecule has 0 amide bonds. The third-order valence-electron chi connectivity index (χ3n) is 1.55. The molecule has 0 saturated carbocycles. The standard InChI is InChI=1S/C9H14O/c1-2-3-6-9-7-4-5-8-10-9/h3,5-6,8-9H,2,4,7H2,1H3. The minimum Gasteiger partial charge on any atom is -0.494 e. The van der Waals surface area contributed by atoms with Crippen molar-refractivity contribution in [1.82, 2.24) is 0 Å². The second-order valence-corrected chi connectivity index (χ2v) is 2.46. The Bertz CT molecular complexity index is 136. The van der Waals surface area contributed by atoms with Crippen molar-refractivity contribution < 1.29 is 4.74 Å². The lowest BCUT2D eigenvalue weighted by atomic mass is 10.1. The van der Waals surface area contributed by atoms with Gasteiger partial charge in [-0.2, -0.15) is 0 Å². The predicted octanol–water partition coefficient (Wildman–Crippen LogP) is 2.65. The van der Waals surface area contributed by atoms with Crippen molar-refractivity contribution in [2.24, 2.45) is 0 Å². The van der Waals surface area contributed by atoms with Gasteiger partial charge < -0.3 is 4.74 Å². The van der Waals surface area contributed by atoms with Crippen molar-refractivity contribution in [3.8, 4) is 0 Å². The largest absolute Gasteiger partial charge is 0.494 e. The summed E-state index contributed by atoms with van der Waals surface area (Å²) in [5.41, 5.74) is 0. The molecule has 1 aliphatic rings. The summed E-state index contributed by atoms with van der Waals surface area (Å²) in [5, 5.41) is 0. The van der Waals surface area contributed by atoms with Gasteiger partial charge in [-0.1, -0.05) is 13.0 Å². The Morgan fingerprint density at radius 2 is 2.60 bits per heavy atom. The van der Waals surface area contributed by atoms with E-state index in [1.54, 1.807) is 6.26 Å². The fraction of sp³-hybridized carbons (Fsp3) is 0.556. The van der Waals surface area contributed by atoms with Crippen molar-refractivity contribution >= 4 is 0 Å². The first-order valence-electron chi connectivity index (χ1n) is 3.90. The third kappa shape index (κ3) is 2.26. The highest BCUT2D eigenvalue weighted by Gasteiger charge is 2.04. The average molecular weight is 138 g/mol. The topological polar surface area (TPSA) is 9.23 Å². The van der Waals surface area contributed by atoms with E-state index in [1.807, 2.05) is 0 Å².